The summed E-state index contributed by atoms with van der Waals surface area (Å²) in [6, 6.07) is 8.55. The lowest BCUT2D eigenvalue weighted by molar-refractivity contribution is 0.0931. The smallest absolute Gasteiger partial charge is 0.270 e. The van der Waals surface area contributed by atoms with E-state index in [4.69, 9.17) is 9.72 Å². The van der Waals surface area contributed by atoms with Crippen molar-refractivity contribution in [2.45, 2.75) is 44.2 Å². The lowest BCUT2D eigenvalue weighted by Crippen LogP contribution is -2.40. The Labute approximate surface area is 206 Å². The molecule has 3 aliphatic heterocycles. The van der Waals surface area contributed by atoms with Crippen LogP contribution < -0.4 is 20.7 Å². The summed E-state index contributed by atoms with van der Waals surface area (Å²) in [4.78, 5) is 25.4. The molecule has 3 fully saturated rings. The number of carbonyl (C=O) groups is 1. The predicted octanol–water partition coefficient (Wildman–Crippen LogP) is 2.30. The van der Waals surface area contributed by atoms with Crippen LogP contribution in [0, 0.1) is 5.41 Å². The second-order valence-electron chi connectivity index (χ2n) is 10.2. The summed E-state index contributed by atoms with van der Waals surface area (Å²) >= 11 is 0. The van der Waals surface area contributed by atoms with Crippen molar-refractivity contribution in [3.63, 3.8) is 0 Å². The highest BCUT2D eigenvalue weighted by Crippen LogP contribution is 2.57. The van der Waals surface area contributed by atoms with Crippen molar-refractivity contribution in [1.29, 1.82) is 0 Å². The first kappa shape index (κ1) is 22.5. The van der Waals surface area contributed by atoms with E-state index in [1.54, 1.807) is 6.20 Å². The third kappa shape index (κ3) is 3.70. The highest BCUT2D eigenvalue weighted by molar-refractivity contribution is 5.95. The monoisotopic (exact) mass is 474 g/mol. The fraction of sp³-hybridized carbons (Fsp3) is 0.519. The van der Waals surface area contributed by atoms with Crippen molar-refractivity contribution >= 4 is 5.91 Å². The maximum absolute atomic E-state index is 13.8. The van der Waals surface area contributed by atoms with E-state index in [2.05, 4.69) is 45.0 Å². The van der Waals surface area contributed by atoms with Crippen molar-refractivity contribution < 1.29 is 9.53 Å². The molecule has 8 heteroatoms. The molecule has 4 atom stereocenters. The third-order valence-corrected chi connectivity index (χ3v) is 8.30. The Bertz CT molecular complexity index is 1170. The molecule has 35 heavy (non-hydrogen) atoms. The van der Waals surface area contributed by atoms with Crippen LogP contribution in [-0.2, 0) is 0 Å². The van der Waals surface area contributed by atoms with Gasteiger partial charge in [0.15, 0.2) is 0 Å². The second-order valence-corrected chi connectivity index (χ2v) is 10.2. The quantitative estimate of drug-likeness (QED) is 0.592. The van der Waals surface area contributed by atoms with Crippen molar-refractivity contribution in [2.24, 2.45) is 5.41 Å². The lowest BCUT2D eigenvalue weighted by atomic mass is 9.69. The van der Waals surface area contributed by atoms with Gasteiger partial charge in [-0.1, -0.05) is 12.1 Å². The average Bonchev–Trinajstić information content (AvgIpc) is 3.62. The average molecular weight is 475 g/mol. The van der Waals surface area contributed by atoms with Gasteiger partial charge in [0.25, 0.3) is 5.91 Å². The lowest BCUT2D eigenvalue weighted by Gasteiger charge is -2.34. The van der Waals surface area contributed by atoms with E-state index in [1.807, 2.05) is 25.1 Å². The van der Waals surface area contributed by atoms with Crippen molar-refractivity contribution in [1.82, 2.24) is 30.8 Å². The van der Waals surface area contributed by atoms with Gasteiger partial charge in [0.1, 0.15) is 5.69 Å². The van der Waals surface area contributed by atoms with E-state index >= 15 is 0 Å². The van der Waals surface area contributed by atoms with Gasteiger partial charge in [-0.15, -0.1) is 0 Å². The number of ether oxygens (including phenoxy) is 1. The van der Waals surface area contributed by atoms with Gasteiger partial charge < -0.3 is 25.6 Å². The number of aromatic nitrogens is 2. The molecular formula is C27H34N6O2. The number of amides is 1. The first-order chi connectivity index (χ1) is 17.1. The van der Waals surface area contributed by atoms with E-state index in [-0.39, 0.29) is 23.3 Å². The number of likely N-dealkylation sites (tertiary alicyclic amines) is 1. The molecule has 2 aromatic heterocycles. The standard InChI is InChI=1S/C27H34N6O2/c1-3-35-26-19(5-4-12-29-26)21-7-6-18(24(32-21)25(34)31-17-10-14-33(2)16-17)20-15-30-23-9-8-22-27(20,23)11-13-28-22/h4-7,9,12,17,20,22,28,30H,3,8,10-11,13-16H2,1-2H3,(H,31,34)/t17-,20?,22?,27+/m1/s1. The van der Waals surface area contributed by atoms with Gasteiger partial charge >= 0.3 is 0 Å². The Kier molecular flexibility index (Phi) is 5.73. The van der Waals surface area contributed by atoms with Crippen LogP contribution in [0.25, 0.3) is 11.3 Å². The van der Waals surface area contributed by atoms with Gasteiger partial charge in [0.2, 0.25) is 5.88 Å². The summed E-state index contributed by atoms with van der Waals surface area (Å²) in [6.45, 7) is 6.16. The number of nitrogens with zero attached hydrogens (tertiary/aromatic N) is 3. The van der Waals surface area contributed by atoms with E-state index in [0.29, 0.717) is 29.9 Å². The maximum atomic E-state index is 13.8. The molecule has 8 nitrogen and oxygen atoms in total. The number of hydrogen-bond acceptors (Lipinski definition) is 7. The Morgan fingerprint density at radius 3 is 3.09 bits per heavy atom. The number of pyridine rings is 2. The molecule has 6 rings (SSSR count). The number of rotatable bonds is 6. The van der Waals surface area contributed by atoms with Crippen molar-refractivity contribution in [3.8, 4) is 17.1 Å². The SMILES string of the molecule is CCOc1ncccc1-c1ccc(C2CNC3=CCC4NCC[C@@]342)c(C(=O)N[C@@H]2CCN(C)C2)n1. The van der Waals surface area contributed by atoms with Crippen LogP contribution in [0.3, 0.4) is 0 Å². The summed E-state index contributed by atoms with van der Waals surface area (Å²) < 4.78 is 5.77. The zero-order valence-electron chi connectivity index (χ0n) is 20.5. The molecule has 3 N–H and O–H groups in total. The molecule has 2 unspecified atom stereocenters. The van der Waals surface area contributed by atoms with Crippen LogP contribution in [0.5, 0.6) is 5.88 Å². The van der Waals surface area contributed by atoms with Crippen molar-refractivity contribution in [3.05, 3.63) is 53.5 Å². The normalized spacial score (nSPS) is 29.4. The minimum absolute atomic E-state index is 0.0244. The molecule has 0 aromatic carbocycles. The molecule has 0 bridgehead atoms. The number of nitrogens with one attached hydrogen (secondary N) is 3. The molecule has 1 aliphatic carbocycles. The summed E-state index contributed by atoms with van der Waals surface area (Å²) in [5.74, 6) is 0.657. The van der Waals surface area contributed by atoms with Gasteiger partial charge in [0, 0.05) is 48.4 Å². The number of likely N-dealkylation sites (N-methyl/N-ethyl adjacent to an activating group) is 1. The van der Waals surface area contributed by atoms with E-state index in [0.717, 1.165) is 56.6 Å². The largest absolute Gasteiger partial charge is 0.477 e. The molecule has 0 radical (unpaired) electrons. The molecule has 1 amide bonds. The zero-order valence-corrected chi connectivity index (χ0v) is 20.5. The minimum atomic E-state index is -0.0849. The fourth-order valence-electron chi connectivity index (χ4n) is 6.70. The summed E-state index contributed by atoms with van der Waals surface area (Å²) in [6.07, 6.45) is 7.14. The predicted molar refractivity (Wildman–Crippen MR) is 134 cm³/mol. The summed E-state index contributed by atoms with van der Waals surface area (Å²) in [5, 5.41) is 10.7. The molecule has 2 aromatic rings. The topological polar surface area (TPSA) is 91.4 Å². The minimum Gasteiger partial charge on any atom is -0.477 e. The highest BCUT2D eigenvalue weighted by Gasteiger charge is 2.57. The zero-order chi connectivity index (χ0) is 24.0. The Hall–Kier alpha value is -2.97. The van der Waals surface area contributed by atoms with E-state index in [9.17, 15) is 4.79 Å². The summed E-state index contributed by atoms with van der Waals surface area (Å²) in [5.41, 5.74) is 4.45. The molecular weight excluding hydrogens is 440 g/mol. The van der Waals surface area contributed by atoms with Crippen LogP contribution in [0.1, 0.15) is 48.2 Å². The van der Waals surface area contributed by atoms with Gasteiger partial charge in [-0.25, -0.2) is 9.97 Å². The summed E-state index contributed by atoms with van der Waals surface area (Å²) in [7, 11) is 2.10. The second kappa shape index (κ2) is 8.91. The molecule has 184 valence electrons. The van der Waals surface area contributed by atoms with Crippen LogP contribution in [0.2, 0.25) is 0 Å². The molecule has 1 spiro atoms. The van der Waals surface area contributed by atoms with Crippen molar-refractivity contribution in [2.75, 3.05) is 39.8 Å². The molecule has 5 heterocycles. The Balaban J connectivity index is 1.42. The van der Waals surface area contributed by atoms with Gasteiger partial charge in [0.05, 0.1) is 17.9 Å². The fourth-order valence-corrected chi connectivity index (χ4v) is 6.70. The Morgan fingerprint density at radius 2 is 2.26 bits per heavy atom. The maximum Gasteiger partial charge on any atom is 0.270 e. The van der Waals surface area contributed by atoms with Crippen LogP contribution in [0.15, 0.2) is 42.2 Å². The van der Waals surface area contributed by atoms with Gasteiger partial charge in [-0.3, -0.25) is 4.79 Å². The molecule has 4 aliphatic rings. The molecule has 0 saturated carbocycles. The van der Waals surface area contributed by atoms with Crippen LogP contribution in [-0.4, -0.2) is 72.7 Å². The number of carbonyl (C=O) groups excluding carboxylic acids is 1. The third-order valence-electron chi connectivity index (χ3n) is 8.30. The highest BCUT2D eigenvalue weighted by atomic mass is 16.5. The number of hydrogen-bond donors (Lipinski definition) is 3. The van der Waals surface area contributed by atoms with Gasteiger partial charge in [-0.05, 0) is 70.1 Å². The Morgan fingerprint density at radius 1 is 1.34 bits per heavy atom. The first-order valence-electron chi connectivity index (χ1n) is 12.9. The van der Waals surface area contributed by atoms with Crippen LogP contribution in [0.4, 0.5) is 0 Å². The first-order valence-corrected chi connectivity index (χ1v) is 12.9. The molecule has 3 saturated heterocycles. The van der Waals surface area contributed by atoms with Crippen LogP contribution >= 0.6 is 0 Å². The van der Waals surface area contributed by atoms with E-state index < -0.39 is 0 Å². The van der Waals surface area contributed by atoms with E-state index in [1.165, 1.54) is 5.70 Å². The van der Waals surface area contributed by atoms with Gasteiger partial charge in [-0.2, -0.15) is 0 Å².